The third-order valence-corrected chi connectivity index (χ3v) is 7.56. The number of pyridine rings is 2. The molecule has 0 fully saturated rings. The molecule has 2 aromatic carbocycles. The van der Waals surface area contributed by atoms with Crippen LogP contribution in [0, 0.1) is 30.3 Å². The molecule has 0 spiro atoms. The summed E-state index contributed by atoms with van der Waals surface area (Å²) in [5, 5.41) is 34.4. The molecule has 0 aliphatic carbocycles. The number of ether oxygens (including phenoxy) is 2. The van der Waals surface area contributed by atoms with Gasteiger partial charge >= 0.3 is 23.3 Å². The van der Waals surface area contributed by atoms with Crippen LogP contribution in [0.4, 0.5) is 17.1 Å². The number of nitro benzene ring substituents is 3. The highest BCUT2D eigenvalue weighted by atomic mass is 16.6. The standard InChI is InChI=1S/C27H17N5O11/c1-2-27(43-25(34)13-6-7-20(31(38)39)21(9-13)32(40)41)17-10-22-23-14(11-29(22)24(33)16(17)12-42-26(27)35)8-15-18(28-23)4-3-5-19(15)30(36)37/h3-10H,2,11-12H2,1H3/t27-/m0/s1. The first-order valence-electron chi connectivity index (χ1n) is 12.6. The summed E-state index contributed by atoms with van der Waals surface area (Å²) in [7, 11) is 0. The first-order chi connectivity index (χ1) is 20.5. The van der Waals surface area contributed by atoms with Gasteiger partial charge in [-0.1, -0.05) is 13.0 Å². The fourth-order valence-electron chi connectivity index (χ4n) is 5.47. The zero-order chi connectivity index (χ0) is 30.8. The van der Waals surface area contributed by atoms with E-state index >= 15 is 0 Å². The Labute approximate surface area is 238 Å². The summed E-state index contributed by atoms with van der Waals surface area (Å²) in [6.07, 6.45) is -0.202. The summed E-state index contributed by atoms with van der Waals surface area (Å²) >= 11 is 0. The lowest BCUT2D eigenvalue weighted by Gasteiger charge is -2.35. The van der Waals surface area contributed by atoms with Crippen LogP contribution in [0.3, 0.4) is 0 Å². The predicted molar refractivity (Wildman–Crippen MR) is 144 cm³/mol. The Hall–Kier alpha value is -6.06. The predicted octanol–water partition coefficient (Wildman–Crippen LogP) is 3.67. The van der Waals surface area contributed by atoms with Crippen LogP contribution in [0.1, 0.15) is 40.4 Å². The van der Waals surface area contributed by atoms with Gasteiger partial charge in [0.15, 0.2) is 0 Å². The fraction of sp³-hybridized carbons (Fsp3) is 0.185. The highest BCUT2D eigenvalue weighted by Gasteiger charge is 2.50. The SMILES string of the molecule is CC[C@@]1(OC(=O)c2ccc([N+](=O)[O-])c([N+](=O)[O-])c2)C(=O)OCc2c1cc1n(c2=O)Cc2cc3c([N+](=O)[O-])cccc3nc2-1. The highest BCUT2D eigenvalue weighted by molar-refractivity contribution is 5.95. The fourth-order valence-corrected chi connectivity index (χ4v) is 5.47. The van der Waals surface area contributed by atoms with Crippen molar-refractivity contribution >= 4 is 39.9 Å². The van der Waals surface area contributed by atoms with Crippen molar-refractivity contribution in [2.45, 2.75) is 32.1 Å². The molecule has 0 saturated heterocycles. The van der Waals surface area contributed by atoms with Crippen molar-refractivity contribution in [3.63, 3.8) is 0 Å². The third-order valence-electron chi connectivity index (χ3n) is 7.56. The summed E-state index contributed by atoms with van der Waals surface area (Å²) in [4.78, 5) is 76.4. The van der Waals surface area contributed by atoms with Crippen LogP contribution >= 0.6 is 0 Å². The van der Waals surface area contributed by atoms with Gasteiger partial charge in [0.1, 0.15) is 6.61 Å². The number of hydrogen-bond donors (Lipinski definition) is 0. The van der Waals surface area contributed by atoms with Crippen LogP contribution < -0.4 is 5.56 Å². The Kier molecular flexibility index (Phi) is 6.00. The molecule has 0 bridgehead atoms. The summed E-state index contributed by atoms with van der Waals surface area (Å²) in [6.45, 7) is 1.11. The van der Waals surface area contributed by atoms with Gasteiger partial charge in [-0.05, 0) is 30.7 Å². The lowest BCUT2D eigenvalue weighted by molar-refractivity contribution is -0.422. The Morgan fingerprint density at radius 1 is 1.00 bits per heavy atom. The van der Waals surface area contributed by atoms with E-state index in [1.165, 1.54) is 29.7 Å². The molecule has 216 valence electrons. The van der Waals surface area contributed by atoms with Gasteiger partial charge in [0, 0.05) is 29.3 Å². The molecule has 2 aliphatic heterocycles. The molecule has 16 heteroatoms. The van der Waals surface area contributed by atoms with Crippen LogP contribution in [0.5, 0.6) is 0 Å². The van der Waals surface area contributed by atoms with E-state index < -0.39 is 61.4 Å². The first-order valence-corrected chi connectivity index (χ1v) is 12.6. The molecule has 1 atom stereocenters. The van der Waals surface area contributed by atoms with Gasteiger partial charge in [0.05, 0.1) is 54.7 Å². The van der Waals surface area contributed by atoms with Crippen LogP contribution in [0.15, 0.2) is 53.3 Å². The minimum atomic E-state index is -2.14. The normalized spacial score (nSPS) is 16.5. The van der Waals surface area contributed by atoms with Crippen molar-refractivity contribution in [2.75, 3.05) is 0 Å². The summed E-state index contributed by atoms with van der Waals surface area (Å²) in [6, 6.07) is 9.86. The Morgan fingerprint density at radius 2 is 1.72 bits per heavy atom. The highest BCUT2D eigenvalue weighted by Crippen LogP contribution is 2.42. The molecule has 0 saturated carbocycles. The van der Waals surface area contributed by atoms with E-state index in [1.54, 1.807) is 12.1 Å². The second-order valence-corrected chi connectivity index (χ2v) is 9.77. The van der Waals surface area contributed by atoms with Crippen molar-refractivity contribution in [1.29, 1.82) is 0 Å². The van der Waals surface area contributed by atoms with Gasteiger partial charge in [-0.3, -0.25) is 35.1 Å². The van der Waals surface area contributed by atoms with Gasteiger partial charge < -0.3 is 14.0 Å². The number of aromatic nitrogens is 2. The average molecular weight is 587 g/mol. The molecular weight excluding hydrogens is 570 g/mol. The Bertz CT molecular complexity index is 2040. The van der Waals surface area contributed by atoms with E-state index in [1.807, 2.05) is 0 Å². The van der Waals surface area contributed by atoms with E-state index in [0.29, 0.717) is 22.8 Å². The van der Waals surface area contributed by atoms with Crippen molar-refractivity contribution in [3.05, 3.63) is 111 Å². The zero-order valence-electron chi connectivity index (χ0n) is 22.0. The summed E-state index contributed by atoms with van der Waals surface area (Å²) in [5.74, 6) is -2.21. The second kappa shape index (κ2) is 9.51. The lowest BCUT2D eigenvalue weighted by Crippen LogP contribution is -2.47. The first kappa shape index (κ1) is 27.1. The molecule has 0 N–H and O–H groups in total. The molecule has 16 nitrogen and oxygen atoms in total. The topological polar surface area (TPSA) is 217 Å². The maximum absolute atomic E-state index is 13.7. The molecule has 6 rings (SSSR count). The van der Waals surface area contributed by atoms with E-state index in [4.69, 9.17) is 9.47 Å². The molecule has 43 heavy (non-hydrogen) atoms. The quantitative estimate of drug-likeness (QED) is 0.158. The molecule has 2 aliphatic rings. The Morgan fingerprint density at radius 3 is 2.40 bits per heavy atom. The summed E-state index contributed by atoms with van der Waals surface area (Å²) in [5.41, 5.74) is -3.60. The number of fused-ring (bicyclic) bond motifs is 5. The van der Waals surface area contributed by atoms with Gasteiger partial charge in [-0.15, -0.1) is 0 Å². The number of esters is 2. The van der Waals surface area contributed by atoms with E-state index in [0.717, 1.165) is 12.1 Å². The monoisotopic (exact) mass is 587 g/mol. The summed E-state index contributed by atoms with van der Waals surface area (Å²) < 4.78 is 12.3. The molecule has 4 heterocycles. The number of nitro groups is 3. The minimum Gasteiger partial charge on any atom is -0.457 e. The number of rotatable bonds is 6. The van der Waals surface area contributed by atoms with Gasteiger partial charge in [0.2, 0.25) is 5.60 Å². The number of benzene rings is 2. The number of non-ortho nitro benzene ring substituents is 1. The number of hydrogen-bond acceptors (Lipinski definition) is 12. The lowest BCUT2D eigenvalue weighted by atomic mass is 9.85. The number of cyclic esters (lactones) is 1. The Balaban J connectivity index is 1.49. The van der Waals surface area contributed by atoms with E-state index in [9.17, 15) is 44.7 Å². The largest absolute Gasteiger partial charge is 0.457 e. The smallest absolute Gasteiger partial charge is 0.355 e. The van der Waals surface area contributed by atoms with Gasteiger partial charge in [-0.25, -0.2) is 14.6 Å². The van der Waals surface area contributed by atoms with Gasteiger partial charge in [0.25, 0.3) is 11.2 Å². The second-order valence-electron chi connectivity index (χ2n) is 9.77. The van der Waals surface area contributed by atoms with Crippen LogP contribution in [-0.4, -0.2) is 36.3 Å². The maximum Gasteiger partial charge on any atom is 0.355 e. The molecule has 0 unspecified atom stereocenters. The zero-order valence-corrected chi connectivity index (χ0v) is 22.0. The number of carbonyl (C=O) groups is 2. The van der Waals surface area contributed by atoms with Crippen LogP contribution in [-0.2, 0) is 33.0 Å². The number of carbonyl (C=O) groups excluding carboxylic acids is 2. The molecule has 2 aromatic heterocycles. The third kappa shape index (κ3) is 3.98. The maximum atomic E-state index is 13.7. The molecule has 0 amide bonds. The van der Waals surface area contributed by atoms with Crippen LogP contribution in [0.25, 0.3) is 22.3 Å². The van der Waals surface area contributed by atoms with Gasteiger partial charge in [-0.2, -0.15) is 0 Å². The van der Waals surface area contributed by atoms with E-state index in [2.05, 4.69) is 4.98 Å². The van der Waals surface area contributed by atoms with Crippen molar-refractivity contribution in [2.24, 2.45) is 0 Å². The molecule has 4 aromatic rings. The number of nitrogens with zero attached hydrogens (tertiary/aromatic N) is 5. The molecular formula is C27H17N5O11. The van der Waals surface area contributed by atoms with Crippen molar-refractivity contribution in [1.82, 2.24) is 9.55 Å². The van der Waals surface area contributed by atoms with E-state index in [-0.39, 0.29) is 40.9 Å². The van der Waals surface area contributed by atoms with Crippen molar-refractivity contribution < 1.29 is 33.8 Å². The molecule has 0 radical (unpaired) electrons. The van der Waals surface area contributed by atoms with Crippen molar-refractivity contribution in [3.8, 4) is 11.4 Å². The average Bonchev–Trinajstić information content (AvgIpc) is 3.34. The van der Waals surface area contributed by atoms with Crippen LogP contribution in [0.2, 0.25) is 0 Å². The minimum absolute atomic E-state index is 0.0241.